The van der Waals surface area contributed by atoms with Gasteiger partial charge in [-0.3, -0.25) is 19.3 Å². The minimum Gasteiger partial charge on any atom is -0.394 e. The van der Waals surface area contributed by atoms with Crippen molar-refractivity contribution in [1.29, 1.82) is 0 Å². The summed E-state index contributed by atoms with van der Waals surface area (Å²) in [6.45, 7) is 5.81. The van der Waals surface area contributed by atoms with Crippen LogP contribution in [0.1, 0.15) is 46.0 Å². The molecule has 2 heterocycles. The smallest absolute Gasteiger partial charge is 0.301 e. The number of pyridine rings is 1. The molecule has 3 N–H and O–H groups in total. The molecule has 2 amide bonds. The number of aliphatic hydroxyl groups excluding tert-OH is 1. The molecule has 2 aromatic rings. The topological polar surface area (TPSA) is 119 Å². The normalized spacial score (nSPS) is 11.4. The zero-order chi connectivity index (χ0) is 21.4. The third-order valence-electron chi connectivity index (χ3n) is 4.75. The summed E-state index contributed by atoms with van der Waals surface area (Å²) in [6, 6.07) is 2.35. The highest BCUT2D eigenvalue weighted by Gasteiger charge is 2.38. The molecule has 0 saturated carbocycles. The number of rotatable bonds is 6. The molecule has 0 radical (unpaired) electrons. The maximum atomic E-state index is 13.2. The second-order valence-electron chi connectivity index (χ2n) is 7.14. The number of Topliss-reactive ketones (excluding diaryl/α,β-unsaturated/α-hetero) is 1. The van der Waals surface area contributed by atoms with Crippen molar-refractivity contribution in [3.63, 3.8) is 0 Å². The van der Waals surface area contributed by atoms with E-state index in [2.05, 4.69) is 4.98 Å². The number of hydrogen-bond donors (Lipinski definition) is 2. The first-order valence-corrected chi connectivity index (χ1v) is 8.51. The molecule has 0 unspecified atom stereocenters. The van der Waals surface area contributed by atoms with Gasteiger partial charge < -0.3 is 15.4 Å². The van der Waals surface area contributed by atoms with E-state index in [0.717, 1.165) is 17.2 Å². The second-order valence-corrected chi connectivity index (χ2v) is 7.14. The standard InChI is InChI=1S/C19H23FN4O4/c1-10-14(17(21)27)11(2)23(5)15(10)16(26)18(28)24(19(3,4)9-25)12-6-7-13(20)22-8-12/h6-8,25H,9H2,1-5H3,(H2,21,27). The van der Waals surface area contributed by atoms with E-state index in [-0.39, 0.29) is 16.9 Å². The number of amides is 2. The average molecular weight is 390 g/mol. The van der Waals surface area contributed by atoms with E-state index >= 15 is 0 Å². The predicted molar refractivity (Wildman–Crippen MR) is 101 cm³/mol. The highest BCUT2D eigenvalue weighted by molar-refractivity contribution is 6.47. The molecule has 2 aromatic heterocycles. The third kappa shape index (κ3) is 3.53. The number of halogens is 1. The van der Waals surface area contributed by atoms with Crippen LogP contribution in [0.4, 0.5) is 10.1 Å². The molecule has 28 heavy (non-hydrogen) atoms. The summed E-state index contributed by atoms with van der Waals surface area (Å²) in [7, 11) is 1.55. The second kappa shape index (κ2) is 7.51. The van der Waals surface area contributed by atoms with Gasteiger partial charge in [-0.15, -0.1) is 0 Å². The average Bonchev–Trinajstić information content (AvgIpc) is 2.85. The van der Waals surface area contributed by atoms with Crippen LogP contribution in [0.15, 0.2) is 18.3 Å². The molecular weight excluding hydrogens is 367 g/mol. The van der Waals surface area contributed by atoms with E-state index in [4.69, 9.17) is 5.73 Å². The largest absolute Gasteiger partial charge is 0.394 e. The molecule has 0 saturated heterocycles. The van der Waals surface area contributed by atoms with Crippen molar-refractivity contribution in [3.05, 3.63) is 46.8 Å². The van der Waals surface area contributed by atoms with Crippen molar-refractivity contribution in [3.8, 4) is 0 Å². The van der Waals surface area contributed by atoms with Crippen LogP contribution in [-0.2, 0) is 11.8 Å². The monoisotopic (exact) mass is 390 g/mol. The van der Waals surface area contributed by atoms with Gasteiger partial charge in [0.2, 0.25) is 5.95 Å². The third-order valence-corrected chi connectivity index (χ3v) is 4.75. The van der Waals surface area contributed by atoms with Crippen LogP contribution in [0.3, 0.4) is 0 Å². The molecule has 0 spiro atoms. The van der Waals surface area contributed by atoms with Crippen LogP contribution in [-0.4, -0.2) is 44.4 Å². The summed E-state index contributed by atoms with van der Waals surface area (Å²) in [5.41, 5.74) is 5.32. The van der Waals surface area contributed by atoms with Crippen molar-refractivity contribution in [1.82, 2.24) is 9.55 Å². The molecule has 0 aliphatic carbocycles. The molecule has 8 nitrogen and oxygen atoms in total. The highest BCUT2D eigenvalue weighted by atomic mass is 19.1. The van der Waals surface area contributed by atoms with Crippen molar-refractivity contribution in [2.45, 2.75) is 33.2 Å². The number of carbonyl (C=O) groups is 3. The van der Waals surface area contributed by atoms with E-state index < -0.39 is 35.7 Å². The Labute approximate surface area is 161 Å². The van der Waals surface area contributed by atoms with Gasteiger partial charge in [0.25, 0.3) is 11.7 Å². The Kier molecular flexibility index (Phi) is 5.70. The number of primary amides is 1. The maximum Gasteiger partial charge on any atom is 0.301 e. The van der Waals surface area contributed by atoms with Gasteiger partial charge in [-0.05, 0) is 45.4 Å². The summed E-state index contributed by atoms with van der Waals surface area (Å²) in [5.74, 6) is -3.29. The fraction of sp³-hybridized carbons (Fsp3) is 0.368. The minimum atomic E-state index is -1.17. The number of anilines is 1. The van der Waals surface area contributed by atoms with Gasteiger partial charge in [0.05, 0.1) is 35.3 Å². The lowest BCUT2D eigenvalue weighted by molar-refractivity contribution is -0.116. The lowest BCUT2D eigenvalue weighted by Crippen LogP contribution is -2.53. The van der Waals surface area contributed by atoms with Crippen LogP contribution in [0, 0.1) is 19.8 Å². The molecule has 0 fully saturated rings. The molecule has 2 rings (SSSR count). The van der Waals surface area contributed by atoms with Crippen LogP contribution < -0.4 is 10.6 Å². The molecule has 0 aliphatic heterocycles. The van der Waals surface area contributed by atoms with Gasteiger partial charge in [0.15, 0.2) is 0 Å². The summed E-state index contributed by atoms with van der Waals surface area (Å²) < 4.78 is 14.6. The van der Waals surface area contributed by atoms with Crippen molar-refractivity contribution < 1.29 is 23.9 Å². The first kappa shape index (κ1) is 21.2. The number of aromatic nitrogens is 2. The van der Waals surface area contributed by atoms with Gasteiger partial charge in [-0.2, -0.15) is 4.39 Å². The Morgan fingerprint density at radius 1 is 1.29 bits per heavy atom. The van der Waals surface area contributed by atoms with Gasteiger partial charge in [-0.25, -0.2) is 4.98 Å². The quantitative estimate of drug-likeness (QED) is 0.437. The fourth-order valence-electron chi connectivity index (χ4n) is 3.18. The Balaban J connectivity index is 2.60. The van der Waals surface area contributed by atoms with Crippen LogP contribution >= 0.6 is 0 Å². The van der Waals surface area contributed by atoms with Gasteiger partial charge in [-0.1, -0.05) is 0 Å². The number of nitrogens with two attached hydrogens (primary N) is 1. The summed E-state index contributed by atoms with van der Waals surface area (Å²) in [4.78, 5) is 42.5. The van der Waals surface area contributed by atoms with E-state index in [1.165, 1.54) is 17.6 Å². The van der Waals surface area contributed by atoms with Crippen molar-refractivity contribution in [2.75, 3.05) is 11.5 Å². The Morgan fingerprint density at radius 3 is 2.32 bits per heavy atom. The lowest BCUT2D eigenvalue weighted by Gasteiger charge is -2.36. The zero-order valence-electron chi connectivity index (χ0n) is 16.4. The molecule has 150 valence electrons. The first-order valence-electron chi connectivity index (χ1n) is 8.51. The van der Waals surface area contributed by atoms with Crippen LogP contribution in [0.2, 0.25) is 0 Å². The number of aliphatic hydroxyl groups is 1. The minimum absolute atomic E-state index is 0.0186. The summed E-state index contributed by atoms with van der Waals surface area (Å²) in [5, 5.41) is 9.75. The van der Waals surface area contributed by atoms with Crippen LogP contribution in [0.5, 0.6) is 0 Å². The van der Waals surface area contributed by atoms with Gasteiger partial charge in [0.1, 0.15) is 0 Å². The van der Waals surface area contributed by atoms with Gasteiger partial charge >= 0.3 is 5.91 Å². The molecule has 0 bridgehead atoms. The predicted octanol–water partition coefficient (Wildman–Crippen LogP) is 1.26. The number of carbonyl (C=O) groups excluding carboxylic acids is 3. The Bertz CT molecular complexity index is 948. The number of hydrogen-bond acceptors (Lipinski definition) is 5. The molecule has 0 aliphatic rings. The van der Waals surface area contributed by atoms with Crippen LogP contribution in [0.25, 0.3) is 0 Å². The molecule has 9 heteroatoms. The SMILES string of the molecule is Cc1c(C(N)=O)c(C)n(C)c1C(=O)C(=O)N(c1ccc(F)nc1)C(C)(C)CO. The molecule has 0 atom stereocenters. The lowest BCUT2D eigenvalue weighted by atomic mass is 10.0. The Morgan fingerprint density at radius 2 is 1.89 bits per heavy atom. The molecular formula is C19H23FN4O4. The highest BCUT2D eigenvalue weighted by Crippen LogP contribution is 2.27. The summed E-state index contributed by atoms with van der Waals surface area (Å²) >= 11 is 0. The van der Waals surface area contributed by atoms with E-state index in [1.54, 1.807) is 27.8 Å². The van der Waals surface area contributed by atoms with Gasteiger partial charge in [0, 0.05) is 12.7 Å². The van der Waals surface area contributed by atoms with E-state index in [0.29, 0.717) is 11.3 Å². The van der Waals surface area contributed by atoms with Crippen molar-refractivity contribution in [2.24, 2.45) is 12.8 Å². The Hall–Kier alpha value is -3.07. The number of ketones is 1. The maximum absolute atomic E-state index is 13.2. The fourth-order valence-corrected chi connectivity index (χ4v) is 3.18. The number of nitrogens with zero attached hydrogens (tertiary/aromatic N) is 3. The van der Waals surface area contributed by atoms with Crippen molar-refractivity contribution >= 4 is 23.3 Å². The van der Waals surface area contributed by atoms with E-state index in [9.17, 15) is 23.9 Å². The summed E-state index contributed by atoms with van der Waals surface area (Å²) in [6.07, 6.45) is 1.11. The zero-order valence-corrected chi connectivity index (χ0v) is 16.4. The first-order chi connectivity index (χ1) is 12.9. The molecule has 0 aromatic carbocycles. The van der Waals surface area contributed by atoms with E-state index in [1.807, 2.05) is 0 Å².